The SMILES string of the molecule is CN1C(=O)COC(C(=O)NCC(=O)C(C)(C)C)C1c1ccccc1. The van der Waals surface area contributed by atoms with Crippen molar-refractivity contribution in [2.75, 3.05) is 20.2 Å². The molecule has 6 nitrogen and oxygen atoms in total. The van der Waals surface area contributed by atoms with E-state index in [1.54, 1.807) is 27.8 Å². The number of carbonyl (C=O) groups is 3. The summed E-state index contributed by atoms with van der Waals surface area (Å²) < 4.78 is 5.49. The number of hydrogen-bond acceptors (Lipinski definition) is 4. The second-order valence-corrected chi connectivity index (χ2v) is 6.98. The van der Waals surface area contributed by atoms with Crippen LogP contribution in [0, 0.1) is 5.41 Å². The number of morpholine rings is 1. The van der Waals surface area contributed by atoms with Gasteiger partial charge in [-0.05, 0) is 5.56 Å². The van der Waals surface area contributed by atoms with Gasteiger partial charge in [0, 0.05) is 12.5 Å². The number of nitrogens with one attached hydrogen (secondary N) is 1. The Balaban J connectivity index is 2.15. The third kappa shape index (κ3) is 4.00. The Morgan fingerprint density at radius 1 is 1.25 bits per heavy atom. The summed E-state index contributed by atoms with van der Waals surface area (Å²) in [6, 6.07) is 8.75. The smallest absolute Gasteiger partial charge is 0.252 e. The Labute approximate surface area is 142 Å². The molecule has 0 aliphatic carbocycles. The summed E-state index contributed by atoms with van der Waals surface area (Å²) in [6.45, 7) is 5.21. The van der Waals surface area contributed by atoms with Crippen LogP contribution in [0.5, 0.6) is 0 Å². The number of likely N-dealkylation sites (N-methyl/N-ethyl adjacent to an activating group) is 1. The van der Waals surface area contributed by atoms with E-state index in [0.29, 0.717) is 0 Å². The van der Waals surface area contributed by atoms with Gasteiger partial charge in [-0.25, -0.2) is 0 Å². The fourth-order valence-electron chi connectivity index (χ4n) is 2.51. The number of amides is 2. The molecule has 1 aromatic carbocycles. The maximum atomic E-state index is 12.5. The summed E-state index contributed by atoms with van der Waals surface area (Å²) in [5.41, 5.74) is 0.294. The Hall–Kier alpha value is -2.21. The first kappa shape index (κ1) is 18.1. The van der Waals surface area contributed by atoms with Crippen LogP contribution in [0.3, 0.4) is 0 Å². The largest absolute Gasteiger partial charge is 0.356 e. The highest BCUT2D eigenvalue weighted by atomic mass is 16.5. The monoisotopic (exact) mass is 332 g/mol. The molecule has 0 aromatic heterocycles. The number of ketones is 1. The summed E-state index contributed by atoms with van der Waals surface area (Å²) in [6.07, 6.45) is -0.845. The highest BCUT2D eigenvalue weighted by Crippen LogP contribution is 2.29. The predicted molar refractivity (Wildman–Crippen MR) is 89.2 cm³/mol. The van der Waals surface area contributed by atoms with Crippen LogP contribution < -0.4 is 5.32 Å². The molecule has 1 saturated heterocycles. The number of benzene rings is 1. The third-order valence-electron chi connectivity index (χ3n) is 4.14. The van der Waals surface area contributed by atoms with Crippen LogP contribution in [0.2, 0.25) is 0 Å². The van der Waals surface area contributed by atoms with Crippen LogP contribution >= 0.6 is 0 Å². The second-order valence-electron chi connectivity index (χ2n) is 6.98. The molecule has 1 aliphatic heterocycles. The van der Waals surface area contributed by atoms with Crippen LogP contribution in [0.1, 0.15) is 32.4 Å². The second kappa shape index (κ2) is 7.13. The van der Waals surface area contributed by atoms with Gasteiger partial charge in [-0.3, -0.25) is 14.4 Å². The van der Waals surface area contributed by atoms with E-state index < -0.39 is 17.6 Å². The van der Waals surface area contributed by atoms with E-state index in [4.69, 9.17) is 4.74 Å². The van der Waals surface area contributed by atoms with Crippen LogP contribution in [0.15, 0.2) is 30.3 Å². The van der Waals surface area contributed by atoms with E-state index in [0.717, 1.165) is 5.56 Å². The molecule has 2 unspecified atom stereocenters. The van der Waals surface area contributed by atoms with Crippen LogP contribution in [0.4, 0.5) is 0 Å². The third-order valence-corrected chi connectivity index (χ3v) is 4.14. The number of Topliss-reactive ketones (excluding diaryl/α,β-unsaturated/α-hetero) is 1. The molecule has 1 aromatic rings. The standard InChI is InChI=1S/C18H24N2O4/c1-18(2,3)13(21)10-19-17(23)16-15(12-8-6-5-7-9-12)20(4)14(22)11-24-16/h5-9,15-16H,10-11H2,1-4H3,(H,19,23). The summed E-state index contributed by atoms with van der Waals surface area (Å²) >= 11 is 0. The van der Waals surface area contributed by atoms with E-state index in [1.165, 1.54) is 4.90 Å². The highest BCUT2D eigenvalue weighted by molar-refractivity contribution is 5.92. The van der Waals surface area contributed by atoms with Crippen molar-refractivity contribution in [1.29, 1.82) is 0 Å². The quantitative estimate of drug-likeness (QED) is 0.902. The minimum Gasteiger partial charge on any atom is -0.356 e. The van der Waals surface area contributed by atoms with Crippen molar-refractivity contribution in [2.24, 2.45) is 5.41 Å². The highest BCUT2D eigenvalue weighted by Gasteiger charge is 2.40. The molecule has 1 aliphatic rings. The molecule has 130 valence electrons. The molecule has 2 amide bonds. The van der Waals surface area contributed by atoms with Gasteiger partial charge < -0.3 is 15.0 Å². The zero-order valence-corrected chi connectivity index (χ0v) is 14.5. The molecule has 0 bridgehead atoms. The van der Waals surface area contributed by atoms with Gasteiger partial charge in [0.15, 0.2) is 11.9 Å². The van der Waals surface area contributed by atoms with Gasteiger partial charge in [0.05, 0.1) is 12.6 Å². The Morgan fingerprint density at radius 3 is 2.46 bits per heavy atom. The van der Waals surface area contributed by atoms with Crippen molar-refractivity contribution in [3.63, 3.8) is 0 Å². The number of hydrogen-bond donors (Lipinski definition) is 1. The molecule has 1 fully saturated rings. The number of carbonyl (C=O) groups excluding carboxylic acids is 3. The van der Waals surface area contributed by atoms with E-state index in [1.807, 2.05) is 30.3 Å². The average Bonchev–Trinajstić information content (AvgIpc) is 2.54. The molecule has 24 heavy (non-hydrogen) atoms. The lowest BCUT2D eigenvalue weighted by molar-refractivity contribution is -0.162. The number of ether oxygens (including phenoxy) is 1. The summed E-state index contributed by atoms with van der Waals surface area (Å²) in [4.78, 5) is 38.0. The summed E-state index contributed by atoms with van der Waals surface area (Å²) in [7, 11) is 1.66. The van der Waals surface area contributed by atoms with Gasteiger partial charge in [-0.1, -0.05) is 51.1 Å². The van der Waals surface area contributed by atoms with Crippen LogP contribution in [-0.4, -0.2) is 48.8 Å². The van der Waals surface area contributed by atoms with E-state index in [-0.39, 0.29) is 30.7 Å². The average molecular weight is 332 g/mol. The summed E-state index contributed by atoms with van der Waals surface area (Å²) in [5.74, 6) is -0.633. The van der Waals surface area contributed by atoms with E-state index >= 15 is 0 Å². The lowest BCUT2D eigenvalue weighted by Gasteiger charge is -2.38. The first-order chi connectivity index (χ1) is 11.2. The topological polar surface area (TPSA) is 75.7 Å². The molecular weight excluding hydrogens is 308 g/mol. The first-order valence-corrected chi connectivity index (χ1v) is 7.95. The zero-order valence-electron chi connectivity index (χ0n) is 14.5. The summed E-state index contributed by atoms with van der Waals surface area (Å²) in [5, 5.41) is 2.64. The maximum Gasteiger partial charge on any atom is 0.252 e. The Morgan fingerprint density at radius 2 is 1.88 bits per heavy atom. The number of nitrogens with zero attached hydrogens (tertiary/aromatic N) is 1. The van der Waals surface area contributed by atoms with Crippen molar-refractivity contribution in [3.8, 4) is 0 Å². The minimum atomic E-state index is -0.845. The molecule has 0 spiro atoms. The van der Waals surface area contributed by atoms with E-state index in [2.05, 4.69) is 5.32 Å². The Bertz CT molecular complexity index is 622. The van der Waals surface area contributed by atoms with Crippen molar-refractivity contribution < 1.29 is 19.1 Å². The first-order valence-electron chi connectivity index (χ1n) is 7.95. The van der Waals surface area contributed by atoms with Crippen molar-refractivity contribution >= 4 is 17.6 Å². The molecule has 2 atom stereocenters. The predicted octanol–water partition coefficient (Wildman–Crippen LogP) is 1.32. The lowest BCUT2D eigenvalue weighted by atomic mass is 9.90. The molecule has 1 N–H and O–H groups in total. The molecule has 1 heterocycles. The van der Waals surface area contributed by atoms with Crippen molar-refractivity contribution in [2.45, 2.75) is 32.9 Å². The van der Waals surface area contributed by atoms with Gasteiger partial charge in [-0.2, -0.15) is 0 Å². The minimum absolute atomic E-state index is 0.0542. The normalized spacial score (nSPS) is 21.5. The maximum absolute atomic E-state index is 12.5. The van der Waals surface area contributed by atoms with Gasteiger partial charge in [0.25, 0.3) is 5.91 Å². The van der Waals surface area contributed by atoms with Crippen LogP contribution in [-0.2, 0) is 19.1 Å². The van der Waals surface area contributed by atoms with Crippen molar-refractivity contribution in [3.05, 3.63) is 35.9 Å². The number of rotatable bonds is 4. The van der Waals surface area contributed by atoms with E-state index in [9.17, 15) is 14.4 Å². The fourth-order valence-corrected chi connectivity index (χ4v) is 2.51. The Kier molecular flexibility index (Phi) is 5.39. The molecule has 2 rings (SSSR count). The fraction of sp³-hybridized carbons (Fsp3) is 0.500. The molecule has 0 saturated carbocycles. The lowest BCUT2D eigenvalue weighted by Crippen LogP contribution is -2.53. The van der Waals surface area contributed by atoms with Gasteiger partial charge in [-0.15, -0.1) is 0 Å². The molecule has 6 heteroatoms. The molecule has 0 radical (unpaired) electrons. The van der Waals surface area contributed by atoms with Gasteiger partial charge in [0.2, 0.25) is 5.91 Å². The van der Waals surface area contributed by atoms with Crippen molar-refractivity contribution in [1.82, 2.24) is 10.2 Å². The molecular formula is C18H24N2O4. The zero-order chi connectivity index (χ0) is 17.9. The van der Waals surface area contributed by atoms with Gasteiger partial charge >= 0.3 is 0 Å². The van der Waals surface area contributed by atoms with Crippen LogP contribution in [0.25, 0.3) is 0 Å². The van der Waals surface area contributed by atoms with Gasteiger partial charge in [0.1, 0.15) is 6.61 Å².